The van der Waals surface area contributed by atoms with Crippen LogP contribution in [0.4, 0.5) is 0 Å². The maximum absolute atomic E-state index is 11.9. The molecule has 2 heteroatoms. The number of rotatable bonds is 0. The van der Waals surface area contributed by atoms with Gasteiger partial charge in [-0.05, 0) is 22.9 Å². The lowest BCUT2D eigenvalue weighted by atomic mass is 10.0. The van der Waals surface area contributed by atoms with Gasteiger partial charge in [-0.2, -0.15) is 0 Å². The molecule has 3 rings (SSSR count). The highest BCUT2D eigenvalue weighted by Gasteiger charge is 2.11. The molecule has 16 heavy (non-hydrogen) atoms. The third-order valence-electron chi connectivity index (χ3n) is 2.95. The minimum Gasteiger partial charge on any atom is -0.350 e. The molecule has 0 saturated heterocycles. The number of fused-ring (bicyclic) bond motifs is 3. The van der Waals surface area contributed by atoms with Gasteiger partial charge in [-0.25, -0.2) is 0 Å². The van der Waals surface area contributed by atoms with Crippen molar-refractivity contribution < 1.29 is 0 Å². The second-order valence-corrected chi connectivity index (χ2v) is 3.98. The van der Waals surface area contributed by atoms with Gasteiger partial charge in [-0.1, -0.05) is 30.3 Å². The molecule has 0 spiro atoms. The predicted octanol–water partition coefficient (Wildman–Crippen LogP) is 2.64. The average Bonchev–Trinajstić information content (AvgIpc) is 2.30. The largest absolute Gasteiger partial charge is 0.350 e. The van der Waals surface area contributed by atoms with Gasteiger partial charge >= 0.3 is 0 Å². The first kappa shape index (κ1) is 9.16. The van der Waals surface area contributed by atoms with Gasteiger partial charge in [0, 0.05) is 13.2 Å². The molecule has 1 heterocycles. The molecule has 0 saturated carbocycles. The monoisotopic (exact) mass is 209 g/mol. The SMILES string of the molecule is Cn1cc2ccccc2c2c(=O)cccc1-2. The summed E-state index contributed by atoms with van der Waals surface area (Å²) in [7, 11) is 1.97. The molecular formula is C14H11NO. The Bertz CT molecular complexity index is 697. The minimum atomic E-state index is 0.0879. The van der Waals surface area contributed by atoms with Crippen molar-refractivity contribution in [3.05, 3.63) is 58.9 Å². The zero-order valence-electron chi connectivity index (χ0n) is 8.97. The van der Waals surface area contributed by atoms with E-state index >= 15 is 0 Å². The van der Waals surface area contributed by atoms with Gasteiger partial charge in [-0.15, -0.1) is 0 Å². The summed E-state index contributed by atoms with van der Waals surface area (Å²) < 4.78 is 2.00. The van der Waals surface area contributed by atoms with Crippen molar-refractivity contribution in [2.45, 2.75) is 0 Å². The summed E-state index contributed by atoms with van der Waals surface area (Å²) in [4.78, 5) is 11.9. The lowest BCUT2D eigenvalue weighted by Gasteiger charge is -2.13. The van der Waals surface area contributed by atoms with E-state index in [1.54, 1.807) is 12.1 Å². The first-order valence-electron chi connectivity index (χ1n) is 5.24. The summed E-state index contributed by atoms with van der Waals surface area (Å²) in [6.45, 7) is 0. The zero-order valence-corrected chi connectivity index (χ0v) is 8.97. The summed E-state index contributed by atoms with van der Waals surface area (Å²) in [6.07, 6.45) is 2.05. The summed E-state index contributed by atoms with van der Waals surface area (Å²) >= 11 is 0. The van der Waals surface area contributed by atoms with Crippen molar-refractivity contribution in [3.63, 3.8) is 0 Å². The van der Waals surface area contributed by atoms with Crippen molar-refractivity contribution in [1.29, 1.82) is 0 Å². The quantitative estimate of drug-likeness (QED) is 0.522. The van der Waals surface area contributed by atoms with E-state index in [-0.39, 0.29) is 5.43 Å². The predicted molar refractivity (Wildman–Crippen MR) is 65.8 cm³/mol. The Kier molecular flexibility index (Phi) is 1.83. The Morgan fingerprint density at radius 1 is 1.00 bits per heavy atom. The van der Waals surface area contributed by atoms with Crippen molar-refractivity contribution in [2.24, 2.45) is 7.05 Å². The molecule has 0 atom stereocenters. The second kappa shape index (κ2) is 3.20. The highest BCUT2D eigenvalue weighted by molar-refractivity contribution is 5.96. The van der Waals surface area contributed by atoms with E-state index in [0.717, 1.165) is 22.0 Å². The van der Waals surface area contributed by atoms with Crippen molar-refractivity contribution in [3.8, 4) is 11.3 Å². The first-order valence-corrected chi connectivity index (χ1v) is 5.24. The van der Waals surface area contributed by atoms with Crippen LogP contribution in [0.3, 0.4) is 0 Å². The molecular weight excluding hydrogens is 198 g/mol. The van der Waals surface area contributed by atoms with Gasteiger partial charge in [0.15, 0.2) is 5.43 Å². The molecule has 0 radical (unpaired) electrons. The molecule has 2 aliphatic rings. The van der Waals surface area contributed by atoms with Crippen LogP contribution in [0.1, 0.15) is 0 Å². The molecule has 1 aromatic carbocycles. The van der Waals surface area contributed by atoms with E-state index in [0.29, 0.717) is 0 Å². The number of aromatic nitrogens is 1. The number of aryl methyl sites for hydroxylation is 1. The van der Waals surface area contributed by atoms with Crippen LogP contribution in [0.15, 0.2) is 53.5 Å². The van der Waals surface area contributed by atoms with Crippen LogP contribution in [-0.2, 0) is 7.05 Å². The number of pyridine rings is 1. The van der Waals surface area contributed by atoms with Crippen molar-refractivity contribution in [2.75, 3.05) is 0 Å². The van der Waals surface area contributed by atoms with Gasteiger partial charge in [-0.3, -0.25) is 4.79 Å². The van der Waals surface area contributed by atoms with Gasteiger partial charge in [0.1, 0.15) is 0 Å². The topological polar surface area (TPSA) is 22.0 Å². The molecule has 1 aliphatic heterocycles. The van der Waals surface area contributed by atoms with Crippen molar-refractivity contribution in [1.82, 2.24) is 4.57 Å². The molecule has 2 nitrogen and oxygen atoms in total. The Morgan fingerprint density at radius 2 is 1.81 bits per heavy atom. The van der Waals surface area contributed by atoms with E-state index in [4.69, 9.17) is 0 Å². The van der Waals surface area contributed by atoms with Gasteiger partial charge < -0.3 is 4.57 Å². The summed E-state index contributed by atoms with van der Waals surface area (Å²) in [5.74, 6) is 0. The van der Waals surface area contributed by atoms with Crippen LogP contribution in [0, 0.1) is 0 Å². The maximum Gasteiger partial charge on any atom is 0.188 e. The Balaban J connectivity index is 2.66. The molecule has 78 valence electrons. The Morgan fingerprint density at radius 3 is 2.69 bits per heavy atom. The van der Waals surface area contributed by atoms with Gasteiger partial charge in [0.2, 0.25) is 0 Å². The van der Waals surface area contributed by atoms with Crippen LogP contribution in [0.25, 0.3) is 22.0 Å². The van der Waals surface area contributed by atoms with Crippen LogP contribution in [0.5, 0.6) is 0 Å². The number of benzene rings is 2. The normalized spacial score (nSPS) is 11.1. The maximum atomic E-state index is 11.9. The fourth-order valence-electron chi connectivity index (χ4n) is 2.20. The Labute approximate surface area is 93.1 Å². The molecule has 0 unspecified atom stereocenters. The van der Waals surface area contributed by atoms with Crippen molar-refractivity contribution >= 4 is 10.8 Å². The third-order valence-corrected chi connectivity index (χ3v) is 2.95. The molecule has 0 bridgehead atoms. The van der Waals surface area contributed by atoms with Crippen LogP contribution >= 0.6 is 0 Å². The highest BCUT2D eigenvalue weighted by atomic mass is 16.1. The van der Waals surface area contributed by atoms with Gasteiger partial charge in [0.05, 0.1) is 11.3 Å². The average molecular weight is 209 g/mol. The molecule has 0 aromatic heterocycles. The number of hydrogen-bond donors (Lipinski definition) is 0. The van der Waals surface area contributed by atoms with Crippen LogP contribution < -0.4 is 5.43 Å². The molecule has 0 amide bonds. The van der Waals surface area contributed by atoms with E-state index in [1.165, 1.54) is 0 Å². The zero-order chi connectivity index (χ0) is 11.1. The van der Waals surface area contributed by atoms with Crippen LogP contribution in [-0.4, -0.2) is 4.57 Å². The smallest absolute Gasteiger partial charge is 0.188 e. The summed E-state index contributed by atoms with van der Waals surface area (Å²) in [6, 6.07) is 13.4. The van der Waals surface area contributed by atoms with E-state index < -0.39 is 0 Å². The standard InChI is InChI=1S/C14H11NO/c1-15-9-10-5-2-3-6-11(10)14-12(15)7-4-8-13(14)16/h2-9H,1H3. The molecule has 0 fully saturated rings. The summed E-state index contributed by atoms with van der Waals surface area (Å²) in [5.41, 5.74) is 1.87. The lowest BCUT2D eigenvalue weighted by molar-refractivity contribution is 0.922. The second-order valence-electron chi connectivity index (χ2n) is 3.98. The molecule has 1 aliphatic carbocycles. The third kappa shape index (κ3) is 1.16. The fourth-order valence-corrected chi connectivity index (χ4v) is 2.20. The summed E-state index contributed by atoms with van der Waals surface area (Å²) in [5, 5.41) is 2.13. The van der Waals surface area contributed by atoms with Crippen LogP contribution in [0.2, 0.25) is 0 Å². The first-order chi connectivity index (χ1) is 7.77. The molecule has 0 N–H and O–H groups in total. The van der Waals surface area contributed by atoms with E-state index in [9.17, 15) is 4.79 Å². The molecule has 1 aromatic rings. The van der Waals surface area contributed by atoms with E-state index in [1.807, 2.05) is 41.9 Å². The Hall–Kier alpha value is -2.09. The number of nitrogens with zero attached hydrogens (tertiary/aromatic N) is 1. The fraction of sp³-hybridized carbons (Fsp3) is 0.0714. The minimum absolute atomic E-state index is 0.0879. The lowest BCUT2D eigenvalue weighted by Crippen LogP contribution is -2.09. The number of hydrogen-bond acceptors (Lipinski definition) is 1. The van der Waals surface area contributed by atoms with Gasteiger partial charge in [0.25, 0.3) is 0 Å². The van der Waals surface area contributed by atoms with E-state index in [2.05, 4.69) is 6.20 Å². The highest BCUT2D eigenvalue weighted by Crippen LogP contribution is 2.26.